The fraction of sp³-hybridized carbons (Fsp3) is 0.148. The lowest BCUT2D eigenvalue weighted by Gasteiger charge is -2.15. The Kier molecular flexibility index (Phi) is 9.38. The van der Waals surface area contributed by atoms with Crippen molar-refractivity contribution >= 4 is 79.7 Å². The van der Waals surface area contributed by atoms with Gasteiger partial charge in [0.05, 0.1) is 33.2 Å². The van der Waals surface area contributed by atoms with Crippen LogP contribution in [0.5, 0.6) is 11.5 Å². The third-order valence-electron chi connectivity index (χ3n) is 5.25. The molecule has 1 N–H and O–H groups in total. The summed E-state index contributed by atoms with van der Waals surface area (Å²) in [6.45, 7) is 2.02. The first-order valence-electron chi connectivity index (χ1n) is 11.4. The summed E-state index contributed by atoms with van der Waals surface area (Å²) in [5, 5.41) is 3.33. The highest BCUT2D eigenvalue weighted by Gasteiger charge is 2.35. The Bertz CT molecular complexity index is 1420. The van der Waals surface area contributed by atoms with Crippen molar-refractivity contribution in [2.24, 2.45) is 0 Å². The Morgan fingerprint density at radius 2 is 1.82 bits per heavy atom. The van der Waals surface area contributed by atoms with E-state index in [-0.39, 0.29) is 29.2 Å². The van der Waals surface area contributed by atoms with Crippen LogP contribution in [0, 0.1) is 0 Å². The number of ether oxygens (including phenoxy) is 2. The van der Waals surface area contributed by atoms with Crippen molar-refractivity contribution in [3.05, 3.63) is 91.2 Å². The van der Waals surface area contributed by atoms with Gasteiger partial charge < -0.3 is 14.8 Å². The summed E-state index contributed by atoms with van der Waals surface area (Å²) in [5.74, 6) is -0.0836. The average Bonchev–Trinajstić information content (AvgIpc) is 3.13. The summed E-state index contributed by atoms with van der Waals surface area (Å²) in [6.07, 6.45) is 1.62. The fourth-order valence-corrected chi connectivity index (χ4v) is 5.24. The molecule has 3 aromatic rings. The van der Waals surface area contributed by atoms with Crippen LogP contribution >= 0.6 is 50.9 Å². The van der Waals surface area contributed by atoms with Gasteiger partial charge in [0.1, 0.15) is 0 Å². The number of imide groups is 1. The Morgan fingerprint density at radius 1 is 1.08 bits per heavy atom. The number of anilines is 1. The second kappa shape index (κ2) is 12.7. The number of nitrogens with zero attached hydrogens (tertiary/aromatic N) is 1. The molecule has 3 amide bonds. The summed E-state index contributed by atoms with van der Waals surface area (Å²) >= 11 is 16.4. The molecule has 4 rings (SSSR count). The Balaban J connectivity index is 1.49. The first-order valence-corrected chi connectivity index (χ1v) is 13.7. The highest BCUT2D eigenvalue weighted by molar-refractivity contribution is 9.10. The van der Waals surface area contributed by atoms with E-state index >= 15 is 0 Å². The largest absolute Gasteiger partial charge is 0.490 e. The normalized spacial score (nSPS) is 14.2. The van der Waals surface area contributed by atoms with Gasteiger partial charge in [0.25, 0.3) is 17.1 Å². The maximum absolute atomic E-state index is 13.0. The summed E-state index contributed by atoms with van der Waals surface area (Å²) in [5.41, 5.74) is 1.89. The molecule has 0 aliphatic carbocycles. The number of thioether (sulfide) groups is 1. The average molecular weight is 636 g/mol. The SMILES string of the molecule is CCOc1cc(/C=C2\SC(=O)N(Cc3ccc(Cl)cc3)C2=O)cc(Br)c1OCC(=O)Nc1ccccc1Cl. The number of hydrogen-bond donors (Lipinski definition) is 1. The zero-order chi connectivity index (χ0) is 27.2. The van der Waals surface area contributed by atoms with Gasteiger partial charge in [-0.1, -0.05) is 47.5 Å². The first-order chi connectivity index (χ1) is 18.2. The molecule has 0 unspecified atom stereocenters. The number of nitrogens with one attached hydrogen (secondary N) is 1. The second-order valence-electron chi connectivity index (χ2n) is 7.97. The van der Waals surface area contributed by atoms with Gasteiger partial charge in [-0.05, 0) is 88.2 Å². The number of benzene rings is 3. The molecule has 3 aromatic carbocycles. The summed E-state index contributed by atoms with van der Waals surface area (Å²) < 4.78 is 12.0. The van der Waals surface area contributed by atoms with E-state index in [0.717, 1.165) is 17.3 Å². The minimum atomic E-state index is -0.397. The van der Waals surface area contributed by atoms with Crippen molar-refractivity contribution in [1.82, 2.24) is 4.90 Å². The van der Waals surface area contributed by atoms with Gasteiger partial charge in [0.2, 0.25) is 0 Å². The van der Waals surface area contributed by atoms with Gasteiger partial charge in [-0.15, -0.1) is 0 Å². The molecule has 0 radical (unpaired) electrons. The van der Waals surface area contributed by atoms with Crippen LogP contribution in [0.3, 0.4) is 0 Å². The zero-order valence-electron chi connectivity index (χ0n) is 20.0. The number of rotatable bonds is 9. The van der Waals surface area contributed by atoms with Crippen molar-refractivity contribution in [3.63, 3.8) is 0 Å². The third-order valence-corrected chi connectivity index (χ3v) is 7.33. The van der Waals surface area contributed by atoms with Crippen LogP contribution in [0.1, 0.15) is 18.1 Å². The summed E-state index contributed by atoms with van der Waals surface area (Å²) in [4.78, 5) is 39.4. The fourth-order valence-electron chi connectivity index (χ4n) is 3.52. The van der Waals surface area contributed by atoms with Gasteiger partial charge in [-0.3, -0.25) is 19.3 Å². The van der Waals surface area contributed by atoms with E-state index in [0.29, 0.717) is 43.9 Å². The molecule has 11 heteroatoms. The first kappa shape index (κ1) is 28.0. The molecule has 1 fully saturated rings. The number of halogens is 3. The number of amides is 3. The van der Waals surface area contributed by atoms with Crippen molar-refractivity contribution in [3.8, 4) is 11.5 Å². The number of hydrogen-bond acceptors (Lipinski definition) is 6. The predicted molar refractivity (Wildman–Crippen MR) is 154 cm³/mol. The van der Waals surface area contributed by atoms with Gasteiger partial charge in [0.15, 0.2) is 18.1 Å². The molecule has 0 atom stereocenters. The molecule has 0 spiro atoms. The lowest BCUT2D eigenvalue weighted by molar-refractivity contribution is -0.123. The van der Waals surface area contributed by atoms with Crippen molar-refractivity contribution < 1.29 is 23.9 Å². The van der Waals surface area contributed by atoms with Crippen LogP contribution in [0.25, 0.3) is 6.08 Å². The topological polar surface area (TPSA) is 84.9 Å². The van der Waals surface area contributed by atoms with Crippen molar-refractivity contribution in [2.45, 2.75) is 13.5 Å². The van der Waals surface area contributed by atoms with Crippen LogP contribution in [-0.4, -0.2) is 35.2 Å². The standard InChI is InChI=1S/C27H21BrCl2N2O5S/c1-2-36-22-12-17(11-19(28)25(22)37-15-24(33)31-21-6-4-3-5-20(21)30)13-23-26(34)32(27(35)38-23)14-16-7-9-18(29)10-8-16/h3-13H,2,14-15H2,1H3,(H,31,33)/b23-13-. The van der Waals surface area contributed by atoms with Crippen molar-refractivity contribution in [2.75, 3.05) is 18.5 Å². The molecule has 1 heterocycles. The van der Waals surface area contributed by atoms with E-state index in [1.165, 1.54) is 4.90 Å². The van der Waals surface area contributed by atoms with Crippen LogP contribution in [0.4, 0.5) is 10.5 Å². The molecule has 38 heavy (non-hydrogen) atoms. The van der Waals surface area contributed by atoms with E-state index in [1.54, 1.807) is 66.7 Å². The molecule has 1 saturated heterocycles. The molecule has 1 aliphatic rings. The molecule has 0 bridgehead atoms. The van der Waals surface area contributed by atoms with Crippen molar-refractivity contribution in [1.29, 1.82) is 0 Å². The number of para-hydroxylation sites is 1. The minimum absolute atomic E-state index is 0.149. The van der Waals surface area contributed by atoms with Crippen LogP contribution in [0.2, 0.25) is 10.0 Å². The Morgan fingerprint density at radius 3 is 2.53 bits per heavy atom. The number of carbonyl (C=O) groups is 3. The quantitative estimate of drug-likeness (QED) is 0.247. The predicted octanol–water partition coefficient (Wildman–Crippen LogP) is 7.41. The molecular formula is C27H21BrCl2N2O5S. The van der Waals surface area contributed by atoms with Gasteiger partial charge in [-0.2, -0.15) is 0 Å². The minimum Gasteiger partial charge on any atom is -0.490 e. The van der Waals surface area contributed by atoms with Crippen LogP contribution < -0.4 is 14.8 Å². The zero-order valence-corrected chi connectivity index (χ0v) is 23.9. The van der Waals surface area contributed by atoms with Crippen LogP contribution in [0.15, 0.2) is 70.0 Å². The highest BCUT2D eigenvalue weighted by atomic mass is 79.9. The lowest BCUT2D eigenvalue weighted by atomic mass is 10.1. The third kappa shape index (κ3) is 6.91. The molecule has 1 aliphatic heterocycles. The van der Waals surface area contributed by atoms with E-state index in [2.05, 4.69) is 21.2 Å². The monoisotopic (exact) mass is 634 g/mol. The summed E-state index contributed by atoms with van der Waals surface area (Å²) in [6, 6.07) is 17.3. The highest BCUT2D eigenvalue weighted by Crippen LogP contribution is 2.39. The number of carbonyl (C=O) groups excluding carboxylic acids is 3. The van der Waals surface area contributed by atoms with E-state index < -0.39 is 5.91 Å². The molecular weight excluding hydrogens is 615 g/mol. The molecule has 0 aromatic heterocycles. The summed E-state index contributed by atoms with van der Waals surface area (Å²) in [7, 11) is 0. The maximum Gasteiger partial charge on any atom is 0.293 e. The van der Waals surface area contributed by atoms with E-state index in [4.69, 9.17) is 32.7 Å². The Hall–Kier alpha value is -2.98. The second-order valence-corrected chi connectivity index (χ2v) is 10.7. The van der Waals surface area contributed by atoms with Crippen LogP contribution in [-0.2, 0) is 16.1 Å². The van der Waals surface area contributed by atoms with E-state index in [9.17, 15) is 14.4 Å². The lowest BCUT2D eigenvalue weighted by Crippen LogP contribution is -2.27. The molecule has 196 valence electrons. The van der Waals surface area contributed by atoms with Gasteiger partial charge in [-0.25, -0.2) is 0 Å². The van der Waals surface area contributed by atoms with E-state index in [1.807, 2.05) is 6.92 Å². The maximum atomic E-state index is 13.0. The smallest absolute Gasteiger partial charge is 0.293 e. The molecule has 0 saturated carbocycles. The van der Waals surface area contributed by atoms with Gasteiger partial charge >= 0.3 is 0 Å². The van der Waals surface area contributed by atoms with Gasteiger partial charge in [0, 0.05) is 5.02 Å². The Labute approximate surface area is 242 Å². The molecule has 7 nitrogen and oxygen atoms in total.